The molecule has 0 radical (unpaired) electrons. The van der Waals surface area contributed by atoms with Gasteiger partial charge >= 0.3 is 0 Å². The van der Waals surface area contributed by atoms with E-state index in [0.717, 1.165) is 25.7 Å². The van der Waals surface area contributed by atoms with Crippen LogP contribution in [-0.4, -0.2) is 34.1 Å². The predicted octanol–water partition coefficient (Wildman–Crippen LogP) is 2.40. The third-order valence-electron chi connectivity index (χ3n) is 3.01. The Bertz CT molecular complexity index is 379. The second kappa shape index (κ2) is 15.1. The van der Waals surface area contributed by atoms with Crippen molar-refractivity contribution in [2.75, 3.05) is 6.61 Å². The zero-order valence-corrected chi connectivity index (χ0v) is 13.0. The third kappa shape index (κ3) is 15.0. The summed E-state index contributed by atoms with van der Waals surface area (Å²) in [6, 6.07) is 0. The largest absolute Gasteiger partial charge is 0.396 e. The van der Waals surface area contributed by atoms with Gasteiger partial charge in [0.15, 0.2) is 0 Å². The number of hydrogen-bond donors (Lipinski definition) is 3. The molecule has 0 saturated heterocycles. The first-order valence-electron chi connectivity index (χ1n) is 7.85. The lowest BCUT2D eigenvalue weighted by atomic mass is 10.1. The minimum absolute atomic E-state index is 0.295. The average Bonchev–Trinajstić information content (AvgIpc) is 2.49. The smallest absolute Gasteiger partial charge is 0.134 e. The third-order valence-corrected chi connectivity index (χ3v) is 3.01. The summed E-state index contributed by atoms with van der Waals surface area (Å²) >= 11 is 0. The van der Waals surface area contributed by atoms with E-state index in [2.05, 4.69) is 23.7 Å². The van der Waals surface area contributed by atoms with Gasteiger partial charge in [0, 0.05) is 6.61 Å². The molecule has 0 aromatic carbocycles. The van der Waals surface area contributed by atoms with Gasteiger partial charge < -0.3 is 15.3 Å². The van der Waals surface area contributed by atoms with Crippen LogP contribution in [0.5, 0.6) is 0 Å². The number of hydrogen-bond acceptors (Lipinski definition) is 3. The van der Waals surface area contributed by atoms with Gasteiger partial charge in [-0.05, 0) is 43.6 Å². The van der Waals surface area contributed by atoms with Crippen LogP contribution in [0.15, 0.2) is 12.2 Å². The molecule has 0 saturated carbocycles. The van der Waals surface area contributed by atoms with Crippen molar-refractivity contribution in [3.8, 4) is 23.7 Å². The quantitative estimate of drug-likeness (QED) is 0.329. The second-order valence-electron chi connectivity index (χ2n) is 4.97. The fourth-order valence-electron chi connectivity index (χ4n) is 1.69. The zero-order chi connectivity index (χ0) is 15.8. The SMILES string of the molecule is CC[C@H](O)C#CC#C[C@@H](O)/C=C/CCCCCCCCO. The molecule has 118 valence electrons. The molecule has 2 atom stereocenters. The van der Waals surface area contributed by atoms with Crippen molar-refractivity contribution in [2.45, 2.75) is 70.5 Å². The topological polar surface area (TPSA) is 60.7 Å². The van der Waals surface area contributed by atoms with Crippen LogP contribution < -0.4 is 0 Å². The van der Waals surface area contributed by atoms with Gasteiger partial charge in [-0.2, -0.15) is 0 Å². The Balaban J connectivity index is 3.64. The Morgan fingerprint density at radius 2 is 1.52 bits per heavy atom. The summed E-state index contributed by atoms with van der Waals surface area (Å²) in [4.78, 5) is 0. The highest BCUT2D eigenvalue weighted by Gasteiger charge is 1.92. The highest BCUT2D eigenvalue weighted by atomic mass is 16.3. The second-order valence-corrected chi connectivity index (χ2v) is 4.97. The molecule has 0 aliphatic carbocycles. The Kier molecular flexibility index (Phi) is 14.2. The van der Waals surface area contributed by atoms with E-state index >= 15 is 0 Å². The summed E-state index contributed by atoms with van der Waals surface area (Å²) in [5, 5.41) is 27.4. The lowest BCUT2D eigenvalue weighted by Crippen LogP contribution is -1.99. The van der Waals surface area contributed by atoms with E-state index < -0.39 is 12.2 Å². The van der Waals surface area contributed by atoms with Gasteiger partial charge in [0.05, 0.1) is 0 Å². The molecule has 0 fully saturated rings. The molecule has 0 amide bonds. The minimum atomic E-state index is -0.789. The van der Waals surface area contributed by atoms with Crippen molar-refractivity contribution in [3.05, 3.63) is 12.2 Å². The number of rotatable bonds is 10. The summed E-state index contributed by atoms with van der Waals surface area (Å²) in [6.07, 6.45) is 10.4. The first kappa shape index (κ1) is 19.7. The number of allylic oxidation sites excluding steroid dienone is 1. The fourth-order valence-corrected chi connectivity index (χ4v) is 1.69. The van der Waals surface area contributed by atoms with Crippen LogP contribution in [-0.2, 0) is 0 Å². The van der Waals surface area contributed by atoms with Crippen molar-refractivity contribution < 1.29 is 15.3 Å². The molecule has 3 N–H and O–H groups in total. The summed E-state index contributed by atoms with van der Waals surface area (Å²) in [7, 11) is 0. The van der Waals surface area contributed by atoms with E-state index in [4.69, 9.17) is 5.11 Å². The Morgan fingerprint density at radius 3 is 2.19 bits per heavy atom. The molecule has 0 spiro atoms. The van der Waals surface area contributed by atoms with E-state index in [1.54, 1.807) is 6.08 Å². The van der Waals surface area contributed by atoms with Gasteiger partial charge in [-0.15, -0.1) is 0 Å². The van der Waals surface area contributed by atoms with E-state index in [0.29, 0.717) is 13.0 Å². The molecular weight excluding hydrogens is 264 g/mol. The molecule has 0 aromatic rings. The van der Waals surface area contributed by atoms with E-state index in [-0.39, 0.29) is 0 Å². The average molecular weight is 292 g/mol. The van der Waals surface area contributed by atoms with Crippen LogP contribution in [0, 0.1) is 23.7 Å². The highest BCUT2D eigenvalue weighted by Crippen LogP contribution is 2.07. The molecule has 0 unspecified atom stereocenters. The van der Waals surface area contributed by atoms with Crippen molar-refractivity contribution in [2.24, 2.45) is 0 Å². The molecule has 0 rings (SSSR count). The summed E-state index contributed by atoms with van der Waals surface area (Å²) in [5.41, 5.74) is 0. The van der Waals surface area contributed by atoms with E-state index in [1.165, 1.54) is 19.3 Å². The predicted molar refractivity (Wildman–Crippen MR) is 86.4 cm³/mol. The fraction of sp³-hybridized carbons (Fsp3) is 0.667. The van der Waals surface area contributed by atoms with Crippen LogP contribution in [0.1, 0.15) is 58.3 Å². The molecule has 0 aromatic heterocycles. The molecule has 0 heterocycles. The maximum absolute atomic E-state index is 9.56. The van der Waals surface area contributed by atoms with Crippen molar-refractivity contribution in [1.29, 1.82) is 0 Å². The standard InChI is InChI=1S/C18H28O3/c1-2-17(20)13-10-11-15-18(21)14-9-7-5-3-4-6-8-12-16-19/h9,14,17-21H,2-8,12,16H2,1H3/b14-9+/t17-,18-/m0/s1. The van der Waals surface area contributed by atoms with Crippen LogP contribution >= 0.6 is 0 Å². The van der Waals surface area contributed by atoms with Crippen LogP contribution in [0.4, 0.5) is 0 Å². The summed E-state index contributed by atoms with van der Waals surface area (Å²) in [6.45, 7) is 2.14. The molecular formula is C18H28O3. The van der Waals surface area contributed by atoms with Gasteiger partial charge in [-0.25, -0.2) is 0 Å². The normalized spacial score (nSPS) is 13.1. The van der Waals surface area contributed by atoms with Gasteiger partial charge in [-0.3, -0.25) is 0 Å². The Morgan fingerprint density at radius 1 is 0.905 bits per heavy atom. The summed E-state index contributed by atoms with van der Waals surface area (Å²) < 4.78 is 0. The number of unbranched alkanes of at least 4 members (excludes halogenated alkanes) is 6. The molecule has 3 nitrogen and oxygen atoms in total. The molecule has 0 aliphatic heterocycles. The van der Waals surface area contributed by atoms with Crippen molar-refractivity contribution >= 4 is 0 Å². The van der Waals surface area contributed by atoms with Crippen LogP contribution in [0.3, 0.4) is 0 Å². The monoisotopic (exact) mass is 292 g/mol. The Labute approximate surface area is 129 Å². The maximum Gasteiger partial charge on any atom is 0.134 e. The molecule has 0 aliphatic rings. The van der Waals surface area contributed by atoms with E-state index in [9.17, 15) is 10.2 Å². The lowest BCUT2D eigenvalue weighted by Gasteiger charge is -1.99. The van der Waals surface area contributed by atoms with Crippen molar-refractivity contribution in [3.63, 3.8) is 0 Å². The number of aliphatic hydroxyl groups excluding tert-OH is 3. The van der Waals surface area contributed by atoms with Crippen LogP contribution in [0.25, 0.3) is 0 Å². The van der Waals surface area contributed by atoms with Gasteiger partial charge in [0.1, 0.15) is 12.2 Å². The maximum atomic E-state index is 9.56. The minimum Gasteiger partial charge on any atom is -0.396 e. The van der Waals surface area contributed by atoms with Gasteiger partial charge in [0.2, 0.25) is 0 Å². The molecule has 0 bridgehead atoms. The van der Waals surface area contributed by atoms with E-state index in [1.807, 2.05) is 13.0 Å². The highest BCUT2D eigenvalue weighted by molar-refractivity contribution is 5.29. The Hall–Kier alpha value is -1.26. The number of aliphatic hydroxyl groups is 3. The van der Waals surface area contributed by atoms with Gasteiger partial charge in [-0.1, -0.05) is 50.5 Å². The summed E-state index contributed by atoms with van der Waals surface area (Å²) in [5.74, 6) is 10.2. The molecule has 3 heteroatoms. The van der Waals surface area contributed by atoms with Gasteiger partial charge in [0.25, 0.3) is 0 Å². The first-order valence-corrected chi connectivity index (χ1v) is 7.85. The zero-order valence-electron chi connectivity index (χ0n) is 13.0. The van der Waals surface area contributed by atoms with Crippen molar-refractivity contribution in [1.82, 2.24) is 0 Å². The first-order chi connectivity index (χ1) is 10.2. The molecule has 21 heavy (non-hydrogen) atoms. The lowest BCUT2D eigenvalue weighted by molar-refractivity contribution is 0.228. The van der Waals surface area contributed by atoms with Crippen LogP contribution in [0.2, 0.25) is 0 Å².